The van der Waals surface area contributed by atoms with E-state index in [9.17, 15) is 4.79 Å². The number of hydrogen-bond acceptors (Lipinski definition) is 3. The molecule has 3 aromatic rings. The number of rotatable bonds is 4. The highest BCUT2D eigenvalue weighted by Crippen LogP contribution is 2.32. The van der Waals surface area contributed by atoms with Gasteiger partial charge in [0.05, 0.1) is 30.5 Å². The van der Waals surface area contributed by atoms with Crippen molar-refractivity contribution in [1.29, 1.82) is 0 Å². The van der Waals surface area contributed by atoms with Gasteiger partial charge in [0, 0.05) is 18.8 Å². The van der Waals surface area contributed by atoms with Crippen LogP contribution in [0.2, 0.25) is 0 Å². The van der Waals surface area contributed by atoms with E-state index in [1.807, 2.05) is 41.6 Å². The van der Waals surface area contributed by atoms with E-state index in [1.165, 1.54) is 5.56 Å². The Labute approximate surface area is 165 Å². The van der Waals surface area contributed by atoms with Gasteiger partial charge in [-0.2, -0.15) is 0 Å². The van der Waals surface area contributed by atoms with Gasteiger partial charge in [-0.1, -0.05) is 13.0 Å². The van der Waals surface area contributed by atoms with Crippen LogP contribution in [0.15, 0.2) is 42.7 Å². The third kappa shape index (κ3) is 3.30. The number of carbonyl (C=O) groups excluding carboxylic acids is 1. The van der Waals surface area contributed by atoms with E-state index in [4.69, 9.17) is 4.74 Å². The van der Waals surface area contributed by atoms with E-state index in [-0.39, 0.29) is 12.1 Å². The molecule has 1 unspecified atom stereocenters. The summed E-state index contributed by atoms with van der Waals surface area (Å²) in [5, 5.41) is 3.04. The first-order chi connectivity index (χ1) is 13.6. The second-order valence-electron chi connectivity index (χ2n) is 7.26. The average molecular weight is 378 g/mol. The lowest BCUT2D eigenvalue weighted by Crippen LogP contribution is -2.41. The molecule has 0 saturated carbocycles. The van der Waals surface area contributed by atoms with Crippen molar-refractivity contribution in [2.24, 2.45) is 0 Å². The summed E-state index contributed by atoms with van der Waals surface area (Å²) < 4.78 is 7.49. The maximum absolute atomic E-state index is 12.9. The maximum Gasteiger partial charge on any atom is 0.322 e. The van der Waals surface area contributed by atoms with Crippen molar-refractivity contribution in [1.82, 2.24) is 14.5 Å². The molecule has 0 saturated heterocycles. The zero-order valence-corrected chi connectivity index (χ0v) is 16.6. The maximum atomic E-state index is 12.9. The Morgan fingerprint density at radius 2 is 2.14 bits per heavy atom. The standard InChI is InChI=1S/C22H26N4O2/c1-4-10-25-14-23-20-12-17(6-8-21(20)25)24-22(27)26-11-9-16-5-7-18(28-3)13-19(16)15(26)2/h5-8,12-15H,4,9-11H2,1-3H3,(H,24,27). The van der Waals surface area contributed by atoms with Crippen molar-refractivity contribution in [2.45, 2.75) is 39.3 Å². The molecule has 0 bridgehead atoms. The lowest BCUT2D eigenvalue weighted by Gasteiger charge is -2.35. The number of methoxy groups -OCH3 is 1. The van der Waals surface area contributed by atoms with E-state index in [2.05, 4.69) is 34.8 Å². The Bertz CT molecular complexity index is 1010. The molecule has 1 aliphatic heterocycles. The summed E-state index contributed by atoms with van der Waals surface area (Å²) in [6, 6.07) is 11.9. The fraction of sp³-hybridized carbons (Fsp3) is 0.364. The van der Waals surface area contributed by atoms with Gasteiger partial charge in [-0.25, -0.2) is 9.78 Å². The van der Waals surface area contributed by atoms with E-state index in [0.29, 0.717) is 6.54 Å². The van der Waals surface area contributed by atoms with Crippen LogP contribution in [0.1, 0.15) is 37.4 Å². The van der Waals surface area contributed by atoms with E-state index in [0.717, 1.165) is 47.4 Å². The van der Waals surface area contributed by atoms with Gasteiger partial charge in [-0.3, -0.25) is 0 Å². The molecule has 28 heavy (non-hydrogen) atoms. The topological polar surface area (TPSA) is 59.4 Å². The molecular formula is C22H26N4O2. The zero-order chi connectivity index (χ0) is 19.7. The van der Waals surface area contributed by atoms with Crippen LogP contribution in [0.25, 0.3) is 11.0 Å². The van der Waals surface area contributed by atoms with Crippen LogP contribution in [-0.4, -0.2) is 34.1 Å². The van der Waals surface area contributed by atoms with Gasteiger partial charge in [-0.15, -0.1) is 0 Å². The minimum atomic E-state index is -0.0895. The van der Waals surface area contributed by atoms with Crippen molar-refractivity contribution in [2.75, 3.05) is 19.0 Å². The SMILES string of the molecule is CCCn1cnc2cc(NC(=O)N3CCc4ccc(OC)cc4C3C)ccc21. The number of amides is 2. The molecule has 4 rings (SSSR count). The molecule has 0 aliphatic carbocycles. The number of urea groups is 1. The summed E-state index contributed by atoms with van der Waals surface area (Å²) >= 11 is 0. The van der Waals surface area contributed by atoms with Crippen LogP contribution >= 0.6 is 0 Å². The fourth-order valence-corrected chi connectivity index (χ4v) is 3.95. The lowest BCUT2D eigenvalue weighted by molar-refractivity contribution is 0.188. The highest BCUT2D eigenvalue weighted by atomic mass is 16.5. The fourth-order valence-electron chi connectivity index (χ4n) is 3.95. The van der Waals surface area contributed by atoms with Crippen LogP contribution in [-0.2, 0) is 13.0 Å². The largest absolute Gasteiger partial charge is 0.497 e. The van der Waals surface area contributed by atoms with Gasteiger partial charge in [0.1, 0.15) is 5.75 Å². The number of aromatic nitrogens is 2. The summed E-state index contributed by atoms with van der Waals surface area (Å²) in [6.07, 6.45) is 3.76. The van der Waals surface area contributed by atoms with Gasteiger partial charge >= 0.3 is 6.03 Å². The van der Waals surface area contributed by atoms with Crippen LogP contribution in [0.5, 0.6) is 5.75 Å². The molecular weight excluding hydrogens is 352 g/mol. The molecule has 2 amide bonds. The normalized spacial score (nSPS) is 16.1. The highest BCUT2D eigenvalue weighted by Gasteiger charge is 2.28. The summed E-state index contributed by atoms with van der Waals surface area (Å²) in [4.78, 5) is 19.3. The van der Waals surface area contributed by atoms with Gasteiger partial charge < -0.3 is 19.5 Å². The average Bonchev–Trinajstić information content (AvgIpc) is 3.10. The van der Waals surface area contributed by atoms with Crippen LogP contribution in [0.4, 0.5) is 10.5 Å². The number of fused-ring (bicyclic) bond motifs is 2. The molecule has 1 N–H and O–H groups in total. The Balaban J connectivity index is 1.52. The number of aryl methyl sites for hydroxylation is 1. The Kier molecular flexibility index (Phi) is 4.94. The second-order valence-corrected chi connectivity index (χ2v) is 7.26. The minimum Gasteiger partial charge on any atom is -0.497 e. The number of hydrogen-bond donors (Lipinski definition) is 1. The van der Waals surface area contributed by atoms with Crippen molar-refractivity contribution in [3.05, 3.63) is 53.9 Å². The molecule has 6 heteroatoms. The number of nitrogens with zero attached hydrogens (tertiary/aromatic N) is 3. The smallest absolute Gasteiger partial charge is 0.322 e. The molecule has 1 aromatic heterocycles. The van der Waals surface area contributed by atoms with Crippen LogP contribution in [0.3, 0.4) is 0 Å². The number of benzene rings is 2. The van der Waals surface area contributed by atoms with Gasteiger partial charge in [0.2, 0.25) is 0 Å². The summed E-state index contributed by atoms with van der Waals surface area (Å²) in [6.45, 7) is 5.84. The summed E-state index contributed by atoms with van der Waals surface area (Å²) in [7, 11) is 1.66. The quantitative estimate of drug-likeness (QED) is 0.721. The van der Waals surface area contributed by atoms with E-state index in [1.54, 1.807) is 7.11 Å². The van der Waals surface area contributed by atoms with Crippen molar-refractivity contribution < 1.29 is 9.53 Å². The van der Waals surface area contributed by atoms with Crippen molar-refractivity contribution in [3.63, 3.8) is 0 Å². The zero-order valence-electron chi connectivity index (χ0n) is 16.6. The third-order valence-electron chi connectivity index (χ3n) is 5.49. The number of anilines is 1. The minimum absolute atomic E-state index is 0.00801. The monoisotopic (exact) mass is 378 g/mol. The first-order valence-electron chi connectivity index (χ1n) is 9.80. The molecule has 2 aromatic carbocycles. The van der Waals surface area contributed by atoms with Gasteiger partial charge in [-0.05, 0) is 61.2 Å². The predicted octanol–water partition coefficient (Wildman–Crippen LogP) is 4.61. The number of imidazole rings is 1. The van der Waals surface area contributed by atoms with Gasteiger partial charge in [0.25, 0.3) is 0 Å². The molecule has 0 spiro atoms. The molecule has 1 aliphatic rings. The molecule has 6 nitrogen and oxygen atoms in total. The predicted molar refractivity (Wildman–Crippen MR) is 111 cm³/mol. The van der Waals surface area contributed by atoms with E-state index >= 15 is 0 Å². The Morgan fingerprint density at radius 1 is 1.29 bits per heavy atom. The lowest BCUT2D eigenvalue weighted by atomic mass is 9.93. The highest BCUT2D eigenvalue weighted by molar-refractivity contribution is 5.92. The van der Waals surface area contributed by atoms with Crippen LogP contribution in [0, 0.1) is 0 Å². The number of ether oxygens (including phenoxy) is 1. The third-order valence-corrected chi connectivity index (χ3v) is 5.49. The van der Waals surface area contributed by atoms with Crippen molar-refractivity contribution >= 4 is 22.8 Å². The molecule has 2 heterocycles. The van der Waals surface area contributed by atoms with Gasteiger partial charge in [0.15, 0.2) is 0 Å². The van der Waals surface area contributed by atoms with Crippen LogP contribution < -0.4 is 10.1 Å². The second kappa shape index (κ2) is 7.54. The molecule has 146 valence electrons. The first-order valence-corrected chi connectivity index (χ1v) is 9.80. The van der Waals surface area contributed by atoms with Crippen molar-refractivity contribution in [3.8, 4) is 5.75 Å². The summed E-state index contributed by atoms with van der Waals surface area (Å²) in [5.41, 5.74) is 5.18. The molecule has 0 radical (unpaired) electrons. The Hall–Kier alpha value is -3.02. The number of nitrogens with one attached hydrogen (secondary N) is 1. The van der Waals surface area contributed by atoms with E-state index < -0.39 is 0 Å². The number of carbonyl (C=O) groups is 1. The molecule has 0 fully saturated rings. The molecule has 1 atom stereocenters. The Morgan fingerprint density at radius 3 is 2.93 bits per heavy atom. The first kappa shape index (κ1) is 18.3. The summed E-state index contributed by atoms with van der Waals surface area (Å²) in [5.74, 6) is 0.820.